The zero-order valence-corrected chi connectivity index (χ0v) is 11.5. The summed E-state index contributed by atoms with van der Waals surface area (Å²) in [4.78, 5) is 12.2. The molecular formula is C12H9NO4S2. The van der Waals surface area contributed by atoms with Crippen molar-refractivity contribution in [1.29, 1.82) is 5.26 Å². The number of phenolic OH excluding ortho intramolecular Hbond substituents is 2. The number of carbonyl (C=O) groups is 1. The van der Waals surface area contributed by atoms with E-state index in [1.54, 1.807) is 0 Å². The molecule has 0 bridgehead atoms. The Kier molecular flexibility index (Phi) is 3.93. The molecule has 0 radical (unpaired) electrons. The summed E-state index contributed by atoms with van der Waals surface area (Å²) in [5, 5.41) is 28.5. The van der Waals surface area contributed by atoms with Crippen LogP contribution < -0.4 is 0 Å². The van der Waals surface area contributed by atoms with Gasteiger partial charge in [-0.1, -0.05) is 23.5 Å². The van der Waals surface area contributed by atoms with Crippen LogP contribution in [0, 0.1) is 11.3 Å². The molecule has 5 nitrogen and oxygen atoms in total. The van der Waals surface area contributed by atoms with Gasteiger partial charge >= 0.3 is 5.97 Å². The molecule has 0 aromatic heterocycles. The number of thioether (sulfide) groups is 2. The van der Waals surface area contributed by atoms with E-state index in [0.29, 0.717) is 14.0 Å². The summed E-state index contributed by atoms with van der Waals surface area (Å²) >= 11 is 2.33. The molecule has 0 saturated carbocycles. The van der Waals surface area contributed by atoms with Crippen molar-refractivity contribution in [2.75, 3.05) is 7.11 Å². The molecule has 1 aliphatic heterocycles. The largest absolute Gasteiger partial charge is 0.507 e. The van der Waals surface area contributed by atoms with Crippen molar-refractivity contribution in [3.8, 4) is 17.6 Å². The highest BCUT2D eigenvalue weighted by Crippen LogP contribution is 2.58. The summed E-state index contributed by atoms with van der Waals surface area (Å²) < 4.78 is 5.09. The maximum Gasteiger partial charge on any atom is 0.310 e. The van der Waals surface area contributed by atoms with Crippen LogP contribution in [0.4, 0.5) is 0 Å². The Morgan fingerprint density at radius 1 is 1.32 bits per heavy atom. The van der Waals surface area contributed by atoms with Gasteiger partial charge in [-0.25, -0.2) is 0 Å². The van der Waals surface area contributed by atoms with Crippen LogP contribution in [0.15, 0.2) is 31.7 Å². The molecule has 2 N–H and O–H groups in total. The van der Waals surface area contributed by atoms with E-state index >= 15 is 0 Å². The molecule has 98 valence electrons. The number of aromatic hydroxyl groups is 2. The standard InChI is InChI=1S/C12H9NO4S2/c1-17-9(16)4-6(5-13)12-18-10-7(14)2-3-8(15)11(10)19-12/h2-3,14-15H,4H2,1H3. The number of nitriles is 1. The van der Waals surface area contributed by atoms with E-state index in [-0.39, 0.29) is 23.5 Å². The van der Waals surface area contributed by atoms with Gasteiger partial charge in [-0.3, -0.25) is 4.79 Å². The highest BCUT2D eigenvalue weighted by molar-refractivity contribution is 8.24. The summed E-state index contributed by atoms with van der Waals surface area (Å²) in [5.41, 5.74) is 0.261. The summed E-state index contributed by atoms with van der Waals surface area (Å²) in [6, 6.07) is 4.73. The number of carbonyl (C=O) groups excluding carboxylic acids is 1. The van der Waals surface area contributed by atoms with E-state index in [4.69, 9.17) is 5.26 Å². The number of ether oxygens (including phenoxy) is 1. The van der Waals surface area contributed by atoms with E-state index in [9.17, 15) is 15.0 Å². The van der Waals surface area contributed by atoms with Crippen molar-refractivity contribution in [3.63, 3.8) is 0 Å². The zero-order valence-electron chi connectivity index (χ0n) is 9.84. The summed E-state index contributed by atoms with van der Waals surface area (Å²) in [6.45, 7) is 0. The van der Waals surface area contributed by atoms with Crippen molar-refractivity contribution < 1.29 is 19.7 Å². The van der Waals surface area contributed by atoms with Gasteiger partial charge < -0.3 is 14.9 Å². The molecular weight excluding hydrogens is 286 g/mol. The lowest BCUT2D eigenvalue weighted by Crippen LogP contribution is -2.01. The van der Waals surface area contributed by atoms with Crippen LogP contribution in [0.5, 0.6) is 11.5 Å². The topological polar surface area (TPSA) is 90.6 Å². The minimum Gasteiger partial charge on any atom is -0.507 e. The average molecular weight is 295 g/mol. The number of benzene rings is 1. The van der Waals surface area contributed by atoms with Crippen molar-refractivity contribution in [2.45, 2.75) is 16.2 Å². The molecule has 1 heterocycles. The Labute approximate surface area is 117 Å². The molecule has 0 amide bonds. The molecule has 0 saturated heterocycles. The predicted molar refractivity (Wildman–Crippen MR) is 70.8 cm³/mol. The minimum atomic E-state index is -0.505. The third kappa shape index (κ3) is 2.64. The lowest BCUT2D eigenvalue weighted by molar-refractivity contribution is -0.139. The normalized spacial score (nSPS) is 12.7. The van der Waals surface area contributed by atoms with Crippen LogP contribution in [0.25, 0.3) is 0 Å². The Bertz CT molecular complexity index is 586. The number of hydrogen-bond donors (Lipinski definition) is 2. The van der Waals surface area contributed by atoms with Gasteiger partial charge in [0.1, 0.15) is 11.5 Å². The fourth-order valence-electron chi connectivity index (χ4n) is 1.44. The number of rotatable bonds is 2. The molecule has 0 spiro atoms. The number of hydrogen-bond acceptors (Lipinski definition) is 7. The summed E-state index contributed by atoms with van der Waals surface area (Å²) in [6.07, 6.45) is -0.127. The molecule has 1 aromatic carbocycles. The lowest BCUT2D eigenvalue weighted by Gasteiger charge is -2.00. The van der Waals surface area contributed by atoms with E-state index in [2.05, 4.69) is 4.74 Å². The van der Waals surface area contributed by atoms with Crippen LogP contribution >= 0.6 is 23.5 Å². The Morgan fingerprint density at radius 3 is 2.26 bits per heavy atom. The maximum absolute atomic E-state index is 11.2. The number of phenols is 2. The van der Waals surface area contributed by atoms with Gasteiger partial charge in [0.25, 0.3) is 0 Å². The molecule has 19 heavy (non-hydrogen) atoms. The highest BCUT2D eigenvalue weighted by Gasteiger charge is 2.27. The summed E-state index contributed by atoms with van der Waals surface area (Å²) in [7, 11) is 1.25. The van der Waals surface area contributed by atoms with Gasteiger partial charge in [0, 0.05) is 0 Å². The van der Waals surface area contributed by atoms with Gasteiger partial charge in [-0.05, 0) is 12.1 Å². The van der Waals surface area contributed by atoms with E-state index in [0.717, 1.165) is 23.5 Å². The number of fused-ring (bicyclic) bond motifs is 1. The van der Waals surface area contributed by atoms with Crippen molar-refractivity contribution in [3.05, 3.63) is 21.9 Å². The van der Waals surface area contributed by atoms with E-state index in [1.165, 1.54) is 19.2 Å². The smallest absolute Gasteiger partial charge is 0.310 e. The SMILES string of the molecule is COC(=O)CC(C#N)=C1Sc2c(O)ccc(O)c2S1. The first-order valence-corrected chi connectivity index (χ1v) is 6.80. The molecule has 0 aliphatic carbocycles. The van der Waals surface area contributed by atoms with Gasteiger partial charge in [0.2, 0.25) is 0 Å². The van der Waals surface area contributed by atoms with Crippen molar-refractivity contribution in [2.24, 2.45) is 0 Å². The van der Waals surface area contributed by atoms with Crippen LogP contribution in [0.1, 0.15) is 6.42 Å². The van der Waals surface area contributed by atoms with Gasteiger partial charge in [0.15, 0.2) is 0 Å². The third-order valence-electron chi connectivity index (χ3n) is 2.39. The molecule has 0 fully saturated rings. The minimum absolute atomic E-state index is 0.0376. The van der Waals surface area contributed by atoms with Gasteiger partial charge in [-0.2, -0.15) is 5.26 Å². The molecule has 0 atom stereocenters. The van der Waals surface area contributed by atoms with E-state index in [1.807, 2.05) is 6.07 Å². The number of nitrogens with zero attached hydrogens (tertiary/aromatic N) is 1. The number of esters is 1. The quantitative estimate of drug-likeness (QED) is 0.492. The van der Waals surface area contributed by atoms with Crippen molar-refractivity contribution in [1.82, 2.24) is 0 Å². The van der Waals surface area contributed by atoms with E-state index < -0.39 is 5.97 Å². The molecule has 1 aliphatic rings. The first kappa shape index (κ1) is 13.6. The van der Waals surface area contributed by atoms with Crippen molar-refractivity contribution >= 4 is 29.5 Å². The third-order valence-corrected chi connectivity index (χ3v) is 5.12. The number of methoxy groups -OCH3 is 1. The van der Waals surface area contributed by atoms with Crippen LogP contribution in [0.3, 0.4) is 0 Å². The van der Waals surface area contributed by atoms with Crippen LogP contribution in [0.2, 0.25) is 0 Å². The highest BCUT2D eigenvalue weighted by atomic mass is 32.2. The first-order valence-electron chi connectivity index (χ1n) is 5.17. The average Bonchev–Trinajstić information content (AvgIpc) is 2.86. The predicted octanol–water partition coefficient (Wildman–Crippen LogP) is 2.59. The Morgan fingerprint density at radius 2 is 1.84 bits per heavy atom. The van der Waals surface area contributed by atoms with Gasteiger partial charge in [0.05, 0.1) is 39.2 Å². The molecule has 7 heteroatoms. The Balaban J connectivity index is 2.37. The van der Waals surface area contributed by atoms with Crippen LogP contribution in [-0.2, 0) is 9.53 Å². The fraction of sp³-hybridized carbons (Fsp3) is 0.167. The molecule has 1 aromatic rings. The second-order valence-corrected chi connectivity index (χ2v) is 5.90. The van der Waals surface area contributed by atoms with Crippen LogP contribution in [-0.4, -0.2) is 23.3 Å². The first-order chi connectivity index (χ1) is 9.06. The lowest BCUT2D eigenvalue weighted by atomic mass is 10.2. The second kappa shape index (κ2) is 5.47. The monoisotopic (exact) mass is 295 g/mol. The Hall–Kier alpha value is -1.78. The fourth-order valence-corrected chi connectivity index (χ4v) is 3.95. The molecule has 2 rings (SSSR count). The summed E-state index contributed by atoms with van der Waals surface area (Å²) in [5.74, 6) is -0.430. The molecule has 0 unspecified atom stereocenters. The zero-order chi connectivity index (χ0) is 14.0. The maximum atomic E-state index is 11.2. The van der Waals surface area contributed by atoms with Gasteiger partial charge in [-0.15, -0.1) is 0 Å². The second-order valence-electron chi connectivity index (χ2n) is 3.60.